The van der Waals surface area contributed by atoms with Gasteiger partial charge in [-0.15, -0.1) is 0 Å². The molecule has 1 atom stereocenters. The summed E-state index contributed by atoms with van der Waals surface area (Å²) in [6.45, 7) is 10.1. The minimum Gasteiger partial charge on any atom is -0.457 e. The van der Waals surface area contributed by atoms with Crippen molar-refractivity contribution in [2.24, 2.45) is 0 Å². The molecule has 6 rings (SSSR count). The van der Waals surface area contributed by atoms with Crippen LogP contribution in [0.1, 0.15) is 37.8 Å². The largest absolute Gasteiger partial charge is 0.457 e. The fourth-order valence-electron chi connectivity index (χ4n) is 6.73. The van der Waals surface area contributed by atoms with Crippen molar-refractivity contribution in [3.05, 3.63) is 83.5 Å². The molecule has 0 bridgehead atoms. The second-order valence-electron chi connectivity index (χ2n) is 13.3. The van der Waals surface area contributed by atoms with Crippen LogP contribution in [0.3, 0.4) is 0 Å². The number of nitrogens with two attached hydrogens (primary N) is 2. The highest BCUT2D eigenvalue weighted by atomic mass is 19.1. The third kappa shape index (κ3) is 7.79. The van der Waals surface area contributed by atoms with Gasteiger partial charge in [0.2, 0.25) is 5.82 Å². The average molecular weight is 669 g/mol. The average Bonchev–Trinajstić information content (AvgIpc) is 3.07. The number of hydrogen-bond donors (Lipinski definition) is 3. The van der Waals surface area contributed by atoms with Crippen molar-refractivity contribution in [2.45, 2.75) is 44.3 Å². The zero-order valence-electron chi connectivity index (χ0n) is 27.9. The lowest BCUT2D eigenvalue weighted by atomic mass is 9.96. The van der Waals surface area contributed by atoms with Crippen LogP contribution >= 0.6 is 0 Å². The molecule has 4 heterocycles. The van der Waals surface area contributed by atoms with Gasteiger partial charge in [0.05, 0.1) is 31.5 Å². The van der Waals surface area contributed by atoms with Crippen LogP contribution < -0.4 is 15.8 Å². The van der Waals surface area contributed by atoms with Gasteiger partial charge in [-0.3, -0.25) is 25.3 Å². The van der Waals surface area contributed by atoms with Gasteiger partial charge in [0.15, 0.2) is 0 Å². The van der Waals surface area contributed by atoms with Gasteiger partial charge >= 0.3 is 0 Å². The van der Waals surface area contributed by atoms with Crippen LogP contribution in [0, 0.1) is 22.6 Å². The van der Waals surface area contributed by atoms with Gasteiger partial charge in [-0.2, -0.15) is 10.2 Å². The summed E-state index contributed by atoms with van der Waals surface area (Å²) in [6.07, 6.45) is 4.62. The van der Waals surface area contributed by atoms with Crippen molar-refractivity contribution in [3.8, 4) is 17.6 Å². The van der Waals surface area contributed by atoms with Crippen molar-refractivity contribution >= 4 is 23.3 Å². The molecular formula is C36H43FN9O3+. The number of halogens is 1. The number of piperazine rings is 1. The maximum atomic E-state index is 15.4. The number of quaternary nitrogens is 1. The minimum atomic E-state index is -0.643. The van der Waals surface area contributed by atoms with E-state index >= 15 is 4.39 Å². The number of ether oxygens (including phenoxy) is 2. The number of piperidine rings is 1. The number of para-hydroxylation sites is 1. The van der Waals surface area contributed by atoms with Gasteiger partial charge in [-0.25, -0.2) is 9.37 Å². The lowest BCUT2D eigenvalue weighted by molar-refractivity contribution is -0.616. The summed E-state index contributed by atoms with van der Waals surface area (Å²) >= 11 is 0. The summed E-state index contributed by atoms with van der Waals surface area (Å²) in [5.41, 5.74) is 6.00. The van der Waals surface area contributed by atoms with Gasteiger partial charge in [0.25, 0.3) is 5.91 Å². The lowest BCUT2D eigenvalue weighted by Gasteiger charge is -2.46. The normalized spacial score (nSPS) is 19.6. The first-order valence-corrected chi connectivity index (χ1v) is 16.7. The summed E-state index contributed by atoms with van der Waals surface area (Å²) in [6, 6.07) is 15.9. The van der Waals surface area contributed by atoms with E-state index in [1.807, 2.05) is 23.5 Å². The Morgan fingerprint density at radius 3 is 2.55 bits per heavy atom. The number of hydrogen-bond acceptors (Lipinski definition) is 10. The minimum absolute atomic E-state index is 0.0295. The molecular weight excluding hydrogens is 625 g/mol. The number of benzene rings is 2. The van der Waals surface area contributed by atoms with Gasteiger partial charge < -0.3 is 20.1 Å². The van der Waals surface area contributed by atoms with E-state index in [9.17, 15) is 10.1 Å². The molecule has 256 valence electrons. The first-order chi connectivity index (χ1) is 23.6. The van der Waals surface area contributed by atoms with Crippen LogP contribution in [0.25, 0.3) is 0 Å². The first-order valence-electron chi connectivity index (χ1n) is 16.7. The molecule has 3 aromatic rings. The van der Waals surface area contributed by atoms with E-state index in [0.717, 1.165) is 52.2 Å². The Bertz CT molecular complexity index is 1750. The Morgan fingerprint density at radius 1 is 1.12 bits per heavy atom. The van der Waals surface area contributed by atoms with E-state index in [2.05, 4.69) is 39.7 Å². The topological polar surface area (TPSA) is 161 Å². The molecule has 1 aromatic heterocycles. The third-order valence-electron chi connectivity index (χ3n) is 9.60. The molecule has 2 aromatic carbocycles. The molecule has 0 unspecified atom stereocenters. The van der Waals surface area contributed by atoms with Gasteiger partial charge in [-0.05, 0) is 50.6 Å². The second-order valence-corrected chi connectivity index (χ2v) is 13.3. The molecule has 3 aliphatic rings. The van der Waals surface area contributed by atoms with Crippen LogP contribution in [0.5, 0.6) is 11.5 Å². The summed E-state index contributed by atoms with van der Waals surface area (Å²) in [5.74, 6) is 0.373. The molecule has 5 N–H and O–H groups in total. The molecule has 13 heteroatoms. The zero-order valence-corrected chi connectivity index (χ0v) is 27.9. The molecule has 1 amide bonds. The quantitative estimate of drug-likeness (QED) is 0.168. The predicted octanol–water partition coefficient (Wildman–Crippen LogP) is 2.84. The summed E-state index contributed by atoms with van der Waals surface area (Å²) in [4.78, 5) is 28.7. The third-order valence-corrected chi connectivity index (χ3v) is 9.60. The molecule has 0 saturated carbocycles. The van der Waals surface area contributed by atoms with Gasteiger partial charge in [0.1, 0.15) is 52.7 Å². The number of likely N-dealkylation sites (tertiary alicyclic amines) is 1. The second kappa shape index (κ2) is 14.8. The van der Waals surface area contributed by atoms with Crippen molar-refractivity contribution in [3.63, 3.8) is 0 Å². The number of amides is 1. The highest BCUT2D eigenvalue weighted by molar-refractivity contribution is 6.15. The standard InChI is InChI=1S/C36H42FN9O3/c1-36(2,46-15-13-44(14-16-46)26-21-48-22-26)18-24(19-38)35(47)45-12-6-7-25(20-45)43-34-31(33(40)41-23-42-34)32(39)29-11-10-28(17-30(29)37)49-27-8-4-3-5-9-27/h3-5,8-11,17-18,23,25-26,39H,6-7,12-16,20-22H2,1-2H3,(H3,40,41,42,43)/p+1/b24-18+,39-32?/t25-/m1/s1. The number of anilines is 1. The SMILES string of the molecule is CC(C)(/C=C(\C#N)C(=O)N1CCC[C@@H]([NH2+]c2ncnc(N)c2C(=N)c2ccc(Oc3ccccc3)cc2F)C1)N1CCN(C2COC2)CC1. The molecule has 3 fully saturated rings. The Labute approximate surface area is 285 Å². The van der Waals surface area contributed by atoms with Gasteiger partial charge in [-0.1, -0.05) is 18.2 Å². The van der Waals surface area contributed by atoms with E-state index < -0.39 is 11.4 Å². The van der Waals surface area contributed by atoms with Crippen LogP contribution in [0.2, 0.25) is 0 Å². The zero-order chi connectivity index (χ0) is 34.5. The number of nitrogen functional groups attached to an aromatic ring is 1. The van der Waals surface area contributed by atoms with Crippen LogP contribution in [0.4, 0.5) is 16.0 Å². The lowest BCUT2D eigenvalue weighted by Crippen LogP contribution is -2.88. The van der Waals surface area contributed by atoms with E-state index in [1.54, 1.807) is 29.2 Å². The Hall–Kier alpha value is -4.74. The highest BCUT2D eigenvalue weighted by Gasteiger charge is 2.35. The Kier molecular flexibility index (Phi) is 10.3. The van der Waals surface area contributed by atoms with E-state index in [-0.39, 0.29) is 40.2 Å². The van der Waals surface area contributed by atoms with Crippen molar-refractivity contribution in [2.75, 3.05) is 58.2 Å². The van der Waals surface area contributed by atoms with Crippen molar-refractivity contribution in [1.82, 2.24) is 24.7 Å². The molecule has 3 saturated heterocycles. The number of aromatic nitrogens is 2. The number of nitrogens with zero attached hydrogens (tertiary/aromatic N) is 6. The predicted molar refractivity (Wildman–Crippen MR) is 182 cm³/mol. The summed E-state index contributed by atoms with van der Waals surface area (Å²) in [7, 11) is 0. The number of rotatable bonds is 10. The number of carbonyl (C=O) groups is 1. The number of carbonyl (C=O) groups excluding carboxylic acids is 1. The van der Waals surface area contributed by atoms with E-state index in [0.29, 0.717) is 36.4 Å². The maximum absolute atomic E-state index is 15.4. The Morgan fingerprint density at radius 2 is 1.88 bits per heavy atom. The molecule has 3 aliphatic heterocycles. The van der Waals surface area contributed by atoms with Crippen LogP contribution in [-0.2, 0) is 9.53 Å². The molecule has 0 radical (unpaired) electrons. The van der Waals surface area contributed by atoms with Gasteiger partial charge in [0, 0.05) is 56.3 Å². The number of nitriles is 1. The first kappa shape index (κ1) is 34.1. The smallest absolute Gasteiger partial charge is 0.264 e. The molecule has 0 aliphatic carbocycles. The fraction of sp³-hybridized carbons (Fsp3) is 0.417. The van der Waals surface area contributed by atoms with Crippen LogP contribution in [-0.4, -0.2) is 106 Å². The Balaban J connectivity index is 1.13. The fourth-order valence-corrected chi connectivity index (χ4v) is 6.73. The maximum Gasteiger partial charge on any atom is 0.264 e. The summed E-state index contributed by atoms with van der Waals surface area (Å²) < 4.78 is 26.5. The molecule has 12 nitrogen and oxygen atoms in total. The van der Waals surface area contributed by atoms with Crippen molar-refractivity contribution < 1.29 is 24.0 Å². The van der Waals surface area contributed by atoms with E-state index in [4.69, 9.17) is 20.6 Å². The highest BCUT2D eigenvalue weighted by Crippen LogP contribution is 2.27. The monoisotopic (exact) mass is 668 g/mol. The summed E-state index contributed by atoms with van der Waals surface area (Å²) in [5, 5.41) is 20.9. The molecule has 49 heavy (non-hydrogen) atoms. The van der Waals surface area contributed by atoms with Crippen molar-refractivity contribution in [1.29, 1.82) is 10.7 Å². The van der Waals surface area contributed by atoms with E-state index in [1.165, 1.54) is 18.5 Å². The molecule has 0 spiro atoms. The van der Waals surface area contributed by atoms with Crippen LogP contribution in [0.15, 0.2) is 66.5 Å². The number of nitrogens with one attached hydrogen (secondary N) is 1.